The highest BCUT2D eigenvalue weighted by Gasteiger charge is 2.25. The lowest BCUT2D eigenvalue weighted by atomic mass is 9.96. The number of nitrogens with zero attached hydrogens (tertiary/aromatic N) is 2. The van der Waals surface area contributed by atoms with Crippen LogP contribution in [0.3, 0.4) is 0 Å². The lowest BCUT2D eigenvalue weighted by Gasteiger charge is -2.24. The Balaban J connectivity index is 1.63. The molecule has 0 amide bonds. The number of benzene rings is 2. The molecule has 1 aliphatic heterocycles. The first-order valence-electron chi connectivity index (χ1n) is 9.50. The van der Waals surface area contributed by atoms with Gasteiger partial charge in [0.1, 0.15) is 4.90 Å². The highest BCUT2D eigenvalue weighted by atomic mass is 32.2. The number of hydrogen-bond donors (Lipinski definition) is 2. The number of sulfone groups is 1. The van der Waals surface area contributed by atoms with Gasteiger partial charge in [0.15, 0.2) is 9.84 Å². The number of piperidine rings is 1. The zero-order valence-corrected chi connectivity index (χ0v) is 16.7. The molecule has 1 atom stereocenters. The molecule has 1 fully saturated rings. The second kappa shape index (κ2) is 7.85. The van der Waals surface area contributed by atoms with Crippen LogP contribution in [0.25, 0.3) is 10.8 Å². The van der Waals surface area contributed by atoms with E-state index in [0.29, 0.717) is 18.2 Å². The third-order valence-corrected chi connectivity index (χ3v) is 6.30. The molecule has 2 aromatic carbocycles. The molecule has 2 N–H and O–H groups in total. The SMILES string of the molecule is CS(=O)(=O)c1cnc(NCc2cccc3ccccc23)nc1[C@@H]1CCCNC1. The summed E-state index contributed by atoms with van der Waals surface area (Å²) in [7, 11) is -3.38. The predicted molar refractivity (Wildman–Crippen MR) is 111 cm³/mol. The summed E-state index contributed by atoms with van der Waals surface area (Å²) in [6.07, 6.45) is 4.60. The van der Waals surface area contributed by atoms with Gasteiger partial charge in [-0.05, 0) is 35.7 Å². The maximum absolute atomic E-state index is 12.2. The summed E-state index contributed by atoms with van der Waals surface area (Å²) < 4.78 is 24.4. The topological polar surface area (TPSA) is 84.0 Å². The Morgan fingerprint density at radius 2 is 2.00 bits per heavy atom. The average molecular weight is 397 g/mol. The first-order valence-corrected chi connectivity index (χ1v) is 11.4. The number of nitrogens with one attached hydrogen (secondary N) is 2. The van der Waals surface area contributed by atoms with Crippen molar-refractivity contribution < 1.29 is 8.42 Å². The van der Waals surface area contributed by atoms with Gasteiger partial charge in [-0.3, -0.25) is 0 Å². The molecule has 0 saturated carbocycles. The number of rotatable bonds is 5. The minimum atomic E-state index is -3.38. The minimum absolute atomic E-state index is 0.0829. The predicted octanol–water partition coefficient (Wildman–Crippen LogP) is 3.11. The Morgan fingerprint density at radius 3 is 2.79 bits per heavy atom. The average Bonchev–Trinajstić information content (AvgIpc) is 2.72. The van der Waals surface area contributed by atoms with Gasteiger partial charge in [0, 0.05) is 25.3 Å². The van der Waals surface area contributed by atoms with E-state index in [-0.39, 0.29) is 10.8 Å². The van der Waals surface area contributed by atoms with Gasteiger partial charge in [-0.25, -0.2) is 18.4 Å². The van der Waals surface area contributed by atoms with Crippen LogP contribution in [0.2, 0.25) is 0 Å². The van der Waals surface area contributed by atoms with Gasteiger partial charge in [0.2, 0.25) is 5.95 Å². The summed E-state index contributed by atoms with van der Waals surface area (Å²) in [5.41, 5.74) is 1.76. The summed E-state index contributed by atoms with van der Waals surface area (Å²) in [5, 5.41) is 8.97. The molecule has 1 saturated heterocycles. The molecule has 2 heterocycles. The Kier molecular flexibility index (Phi) is 5.28. The van der Waals surface area contributed by atoms with Gasteiger partial charge in [0.25, 0.3) is 0 Å². The molecular formula is C21H24N4O2S. The van der Waals surface area contributed by atoms with Crippen molar-refractivity contribution in [2.45, 2.75) is 30.2 Å². The van der Waals surface area contributed by atoms with E-state index < -0.39 is 9.84 Å². The maximum Gasteiger partial charge on any atom is 0.223 e. The molecule has 0 aliphatic carbocycles. The standard InChI is InChI=1S/C21H24N4O2S/c1-28(26,27)19-14-24-21(25-20(19)17-9-5-11-22-12-17)23-13-16-8-4-7-15-6-2-3-10-18(15)16/h2-4,6-8,10,14,17,22H,5,9,11-13H2,1H3,(H,23,24,25)/t17-/m1/s1. The molecule has 28 heavy (non-hydrogen) atoms. The highest BCUT2D eigenvalue weighted by molar-refractivity contribution is 7.90. The Morgan fingerprint density at radius 1 is 1.18 bits per heavy atom. The van der Waals surface area contributed by atoms with E-state index in [0.717, 1.165) is 31.5 Å². The van der Waals surface area contributed by atoms with Crippen molar-refractivity contribution in [3.05, 3.63) is 59.9 Å². The van der Waals surface area contributed by atoms with Gasteiger partial charge < -0.3 is 10.6 Å². The molecule has 1 aromatic heterocycles. The van der Waals surface area contributed by atoms with Crippen LogP contribution < -0.4 is 10.6 Å². The Bertz CT molecular complexity index is 1090. The van der Waals surface area contributed by atoms with Crippen LogP contribution in [-0.4, -0.2) is 37.7 Å². The number of aromatic nitrogens is 2. The number of fused-ring (bicyclic) bond motifs is 1. The maximum atomic E-state index is 12.2. The lowest BCUT2D eigenvalue weighted by molar-refractivity contribution is 0.448. The second-order valence-electron chi connectivity index (χ2n) is 7.25. The molecule has 4 rings (SSSR count). The van der Waals surface area contributed by atoms with Gasteiger partial charge >= 0.3 is 0 Å². The molecule has 0 unspecified atom stereocenters. The molecular weight excluding hydrogens is 372 g/mol. The van der Waals surface area contributed by atoms with Crippen LogP contribution in [0, 0.1) is 0 Å². The summed E-state index contributed by atoms with van der Waals surface area (Å²) in [5.74, 6) is 0.542. The largest absolute Gasteiger partial charge is 0.350 e. The van der Waals surface area contributed by atoms with Crippen LogP contribution in [0.5, 0.6) is 0 Å². The van der Waals surface area contributed by atoms with E-state index in [9.17, 15) is 8.42 Å². The zero-order chi connectivity index (χ0) is 19.6. The van der Waals surface area contributed by atoms with Crippen LogP contribution in [0.1, 0.15) is 30.0 Å². The van der Waals surface area contributed by atoms with Gasteiger partial charge in [-0.1, -0.05) is 42.5 Å². The van der Waals surface area contributed by atoms with E-state index in [1.807, 2.05) is 18.2 Å². The fourth-order valence-corrected chi connectivity index (χ4v) is 4.59. The summed E-state index contributed by atoms with van der Waals surface area (Å²) in [4.78, 5) is 9.12. The summed E-state index contributed by atoms with van der Waals surface area (Å²) >= 11 is 0. The van der Waals surface area contributed by atoms with Crippen LogP contribution in [0.15, 0.2) is 53.6 Å². The molecule has 7 heteroatoms. The fraction of sp³-hybridized carbons (Fsp3) is 0.333. The Labute approximate surface area is 165 Å². The molecule has 146 valence electrons. The normalized spacial score (nSPS) is 17.5. The zero-order valence-electron chi connectivity index (χ0n) is 15.9. The summed E-state index contributed by atoms with van der Waals surface area (Å²) in [6, 6.07) is 14.4. The van der Waals surface area contributed by atoms with Crippen molar-refractivity contribution in [3.63, 3.8) is 0 Å². The van der Waals surface area contributed by atoms with Crippen LogP contribution >= 0.6 is 0 Å². The van der Waals surface area contributed by atoms with Crippen molar-refractivity contribution in [1.82, 2.24) is 15.3 Å². The third kappa shape index (κ3) is 4.00. The van der Waals surface area contributed by atoms with E-state index in [1.165, 1.54) is 23.2 Å². The van der Waals surface area contributed by atoms with Gasteiger partial charge in [-0.2, -0.15) is 0 Å². The quantitative estimate of drug-likeness (QED) is 0.689. The molecule has 0 radical (unpaired) electrons. The van der Waals surface area contributed by atoms with Gasteiger partial charge in [-0.15, -0.1) is 0 Å². The van der Waals surface area contributed by atoms with Gasteiger partial charge in [0.05, 0.1) is 11.9 Å². The molecule has 6 nitrogen and oxygen atoms in total. The smallest absolute Gasteiger partial charge is 0.223 e. The number of hydrogen-bond acceptors (Lipinski definition) is 6. The molecule has 1 aliphatic rings. The van der Waals surface area contributed by atoms with E-state index >= 15 is 0 Å². The lowest BCUT2D eigenvalue weighted by Crippen LogP contribution is -2.30. The first kappa shape index (κ1) is 18.8. The molecule has 0 bridgehead atoms. The monoisotopic (exact) mass is 396 g/mol. The van der Waals surface area contributed by atoms with E-state index in [2.05, 4.69) is 44.9 Å². The fourth-order valence-electron chi connectivity index (χ4n) is 3.75. The van der Waals surface area contributed by atoms with Crippen molar-refractivity contribution >= 4 is 26.6 Å². The van der Waals surface area contributed by atoms with Crippen LogP contribution in [-0.2, 0) is 16.4 Å². The van der Waals surface area contributed by atoms with Crippen molar-refractivity contribution in [2.75, 3.05) is 24.7 Å². The van der Waals surface area contributed by atoms with Crippen molar-refractivity contribution in [1.29, 1.82) is 0 Å². The van der Waals surface area contributed by atoms with E-state index in [1.54, 1.807) is 0 Å². The van der Waals surface area contributed by atoms with E-state index in [4.69, 9.17) is 0 Å². The molecule has 0 spiro atoms. The molecule has 3 aromatic rings. The first-order chi connectivity index (χ1) is 13.5. The van der Waals surface area contributed by atoms with Crippen LogP contribution in [0.4, 0.5) is 5.95 Å². The summed E-state index contributed by atoms with van der Waals surface area (Å²) in [6.45, 7) is 2.27. The second-order valence-corrected chi connectivity index (χ2v) is 9.23. The Hall–Kier alpha value is -2.51. The highest BCUT2D eigenvalue weighted by Crippen LogP contribution is 2.28. The number of anilines is 1. The van der Waals surface area contributed by atoms with Crippen molar-refractivity contribution in [3.8, 4) is 0 Å². The van der Waals surface area contributed by atoms with Crippen molar-refractivity contribution in [2.24, 2.45) is 0 Å². The third-order valence-electron chi connectivity index (χ3n) is 5.18. The minimum Gasteiger partial charge on any atom is -0.350 e.